The van der Waals surface area contributed by atoms with Crippen LogP contribution in [0, 0.1) is 0 Å². The highest BCUT2D eigenvalue weighted by Gasteiger charge is 2.44. The molecule has 1 saturated heterocycles. The molecule has 1 heterocycles. The molecule has 9 nitrogen and oxygen atoms in total. The summed E-state index contributed by atoms with van der Waals surface area (Å²) in [6.07, 6.45) is 56.8. The first kappa shape index (κ1) is 61.6. The third kappa shape index (κ3) is 37.6. The van der Waals surface area contributed by atoms with E-state index in [2.05, 4.69) is 74.6 Å². The number of hydrogen-bond donors (Lipinski definition) is 4. The van der Waals surface area contributed by atoms with Crippen LogP contribution in [-0.4, -0.2) is 89.6 Å². The maximum atomic E-state index is 12.8. The zero-order valence-electron chi connectivity index (χ0n) is 42.2. The number of hydrogen-bond acceptors (Lipinski definition) is 9. The van der Waals surface area contributed by atoms with Crippen LogP contribution in [0.2, 0.25) is 0 Å². The van der Waals surface area contributed by atoms with Gasteiger partial charge < -0.3 is 39.4 Å². The molecule has 4 N–H and O–H groups in total. The van der Waals surface area contributed by atoms with Crippen molar-refractivity contribution in [2.75, 3.05) is 26.4 Å². The van der Waals surface area contributed by atoms with Crippen LogP contribution < -0.4 is 0 Å². The van der Waals surface area contributed by atoms with E-state index in [1.165, 1.54) is 141 Å². The number of rotatable bonds is 46. The van der Waals surface area contributed by atoms with Crippen LogP contribution >= 0.6 is 0 Å². The molecule has 0 aliphatic carbocycles. The fraction of sp³-hybridized carbons (Fsp3) is 0.772. The second-order valence-electron chi connectivity index (χ2n) is 18.3. The molecule has 382 valence electrons. The Morgan fingerprint density at radius 2 is 0.894 bits per heavy atom. The van der Waals surface area contributed by atoms with E-state index in [0.717, 1.165) is 51.4 Å². The first-order valence-corrected chi connectivity index (χ1v) is 27.0. The van der Waals surface area contributed by atoms with Crippen molar-refractivity contribution in [2.24, 2.45) is 0 Å². The monoisotopic (exact) mass is 929 g/mol. The number of allylic oxidation sites excluding steroid dienone is 12. The van der Waals surface area contributed by atoms with Crippen LogP contribution in [0.3, 0.4) is 0 Å². The van der Waals surface area contributed by atoms with E-state index in [0.29, 0.717) is 13.0 Å². The highest BCUT2D eigenvalue weighted by Crippen LogP contribution is 2.23. The Morgan fingerprint density at radius 1 is 0.500 bits per heavy atom. The van der Waals surface area contributed by atoms with E-state index in [1.807, 2.05) is 12.2 Å². The van der Waals surface area contributed by atoms with Gasteiger partial charge in [-0.2, -0.15) is 0 Å². The van der Waals surface area contributed by atoms with Gasteiger partial charge in [0.2, 0.25) is 0 Å². The Labute approximate surface area is 404 Å². The molecule has 1 aliphatic heterocycles. The number of carbonyl (C=O) groups is 1. The van der Waals surface area contributed by atoms with Crippen molar-refractivity contribution in [1.29, 1.82) is 0 Å². The first-order valence-electron chi connectivity index (χ1n) is 27.0. The summed E-state index contributed by atoms with van der Waals surface area (Å²) >= 11 is 0. The third-order valence-electron chi connectivity index (χ3n) is 12.2. The third-order valence-corrected chi connectivity index (χ3v) is 12.2. The Balaban J connectivity index is 2.21. The molecule has 9 heteroatoms. The van der Waals surface area contributed by atoms with Crippen LogP contribution in [0.25, 0.3) is 0 Å². The summed E-state index contributed by atoms with van der Waals surface area (Å²) in [5, 5.41) is 40.3. The number of carbonyl (C=O) groups excluding carboxylic acids is 1. The highest BCUT2D eigenvalue weighted by atomic mass is 16.7. The zero-order valence-corrected chi connectivity index (χ0v) is 42.2. The summed E-state index contributed by atoms with van der Waals surface area (Å²) in [7, 11) is 0. The summed E-state index contributed by atoms with van der Waals surface area (Å²) < 4.78 is 22.8. The minimum absolute atomic E-state index is 0.114. The standard InChI is InChI=1S/C57H100O9/c1-3-5-7-9-11-13-15-17-19-21-23-24-25-26-27-29-31-33-35-37-39-41-43-45-47-63-49-51(50-64-57-56(62)55(61)54(60)52(48-58)66-57)65-53(59)46-44-42-40-38-36-34-32-30-28-22-20-18-16-14-12-10-8-6-4-2/h6,8,12,14,18,20,28,30,34,36,40,42,51-52,54-58,60-62H,3-5,7,9-11,13,15-17,19,21-27,29,31-33,35,37-39,41,43-50H2,1-2H3/b8-6-,14-12-,20-18-,30-28-,36-34-,42-40-. The summed E-state index contributed by atoms with van der Waals surface area (Å²) in [6, 6.07) is 0. The number of esters is 1. The Kier molecular flexibility index (Phi) is 44.5. The molecular weight excluding hydrogens is 829 g/mol. The van der Waals surface area contributed by atoms with Crippen LogP contribution in [0.5, 0.6) is 0 Å². The van der Waals surface area contributed by atoms with Crippen molar-refractivity contribution in [3.8, 4) is 0 Å². The molecule has 0 spiro atoms. The molecule has 0 bridgehead atoms. The van der Waals surface area contributed by atoms with Crippen LogP contribution in [0.4, 0.5) is 0 Å². The Morgan fingerprint density at radius 3 is 1.30 bits per heavy atom. The summed E-state index contributed by atoms with van der Waals surface area (Å²) in [5.74, 6) is -0.393. The van der Waals surface area contributed by atoms with Gasteiger partial charge in [-0.3, -0.25) is 4.79 Å². The maximum absolute atomic E-state index is 12.8. The van der Waals surface area contributed by atoms with Gasteiger partial charge in [0.05, 0.1) is 19.8 Å². The lowest BCUT2D eigenvalue weighted by atomic mass is 9.99. The van der Waals surface area contributed by atoms with Gasteiger partial charge >= 0.3 is 5.97 Å². The second kappa shape index (κ2) is 47.7. The molecule has 0 aromatic heterocycles. The fourth-order valence-electron chi connectivity index (χ4n) is 7.99. The first-order chi connectivity index (χ1) is 32.4. The molecule has 0 aromatic carbocycles. The molecule has 66 heavy (non-hydrogen) atoms. The normalized spacial score (nSPS) is 19.9. The minimum Gasteiger partial charge on any atom is -0.457 e. The van der Waals surface area contributed by atoms with E-state index in [4.69, 9.17) is 18.9 Å². The lowest BCUT2D eigenvalue weighted by Gasteiger charge is -2.39. The van der Waals surface area contributed by atoms with Crippen molar-refractivity contribution in [3.63, 3.8) is 0 Å². The summed E-state index contributed by atoms with van der Waals surface area (Å²) in [6.45, 7) is 4.38. The van der Waals surface area contributed by atoms with Crippen LogP contribution in [0.15, 0.2) is 72.9 Å². The topological polar surface area (TPSA) is 135 Å². The molecule has 1 fully saturated rings. The molecule has 1 rings (SSSR count). The van der Waals surface area contributed by atoms with E-state index in [9.17, 15) is 25.2 Å². The molecule has 0 radical (unpaired) electrons. The number of aliphatic hydroxyl groups is 4. The predicted octanol–water partition coefficient (Wildman–Crippen LogP) is 13.6. The van der Waals surface area contributed by atoms with Gasteiger partial charge in [-0.15, -0.1) is 0 Å². The van der Waals surface area contributed by atoms with Gasteiger partial charge in [-0.25, -0.2) is 0 Å². The Hall–Kier alpha value is -2.37. The lowest BCUT2D eigenvalue weighted by molar-refractivity contribution is -0.305. The Bertz CT molecular complexity index is 1240. The molecular formula is C57H100O9. The van der Waals surface area contributed by atoms with Crippen molar-refractivity contribution in [3.05, 3.63) is 72.9 Å². The van der Waals surface area contributed by atoms with Crippen molar-refractivity contribution in [2.45, 2.75) is 256 Å². The number of aliphatic hydroxyl groups excluding tert-OH is 4. The summed E-state index contributed by atoms with van der Waals surface area (Å²) in [4.78, 5) is 12.8. The van der Waals surface area contributed by atoms with E-state index in [-0.39, 0.29) is 19.6 Å². The fourth-order valence-corrected chi connectivity index (χ4v) is 7.99. The average Bonchev–Trinajstić information content (AvgIpc) is 3.32. The van der Waals surface area contributed by atoms with Gasteiger partial charge in [0.25, 0.3) is 0 Å². The number of unbranched alkanes of at least 4 members (excludes halogenated alkanes) is 23. The molecule has 6 unspecified atom stereocenters. The minimum atomic E-state index is -1.55. The molecule has 0 saturated carbocycles. The maximum Gasteiger partial charge on any atom is 0.306 e. The SMILES string of the molecule is CC/C=C\C/C=C\C/C=C\C/C=C\C/C=C\C/C=C\CCC(=O)OC(COCCCCCCCCCCCCCCCCCCCCCCCCCC)COC1OC(CO)C(O)C(O)C1O. The molecule has 0 amide bonds. The average molecular weight is 929 g/mol. The highest BCUT2D eigenvalue weighted by molar-refractivity contribution is 5.69. The predicted molar refractivity (Wildman–Crippen MR) is 274 cm³/mol. The second-order valence-corrected chi connectivity index (χ2v) is 18.3. The van der Waals surface area contributed by atoms with Crippen molar-refractivity contribution < 1.29 is 44.2 Å². The number of ether oxygens (including phenoxy) is 4. The molecule has 0 aromatic rings. The van der Waals surface area contributed by atoms with E-state index in [1.54, 1.807) is 0 Å². The summed E-state index contributed by atoms with van der Waals surface area (Å²) in [5.41, 5.74) is 0. The van der Waals surface area contributed by atoms with Gasteiger partial charge in [-0.05, 0) is 51.4 Å². The molecule has 1 aliphatic rings. The van der Waals surface area contributed by atoms with E-state index >= 15 is 0 Å². The smallest absolute Gasteiger partial charge is 0.306 e. The van der Waals surface area contributed by atoms with Gasteiger partial charge in [0.15, 0.2) is 6.29 Å². The van der Waals surface area contributed by atoms with Crippen molar-refractivity contribution >= 4 is 5.97 Å². The van der Waals surface area contributed by atoms with Gasteiger partial charge in [0, 0.05) is 13.0 Å². The van der Waals surface area contributed by atoms with Gasteiger partial charge in [0.1, 0.15) is 30.5 Å². The zero-order chi connectivity index (χ0) is 47.8. The van der Waals surface area contributed by atoms with E-state index < -0.39 is 49.4 Å². The van der Waals surface area contributed by atoms with Crippen LogP contribution in [-0.2, 0) is 23.7 Å². The van der Waals surface area contributed by atoms with Gasteiger partial charge in [-0.1, -0.05) is 234 Å². The molecule has 6 atom stereocenters. The quantitative estimate of drug-likeness (QED) is 0.0267. The van der Waals surface area contributed by atoms with Crippen LogP contribution in [0.1, 0.15) is 219 Å². The van der Waals surface area contributed by atoms with Crippen molar-refractivity contribution in [1.82, 2.24) is 0 Å². The largest absolute Gasteiger partial charge is 0.457 e. The lowest BCUT2D eigenvalue weighted by Crippen LogP contribution is -2.59.